The van der Waals surface area contributed by atoms with E-state index in [1.54, 1.807) is 0 Å². The number of hydrogen-bond donors (Lipinski definition) is 3. The Morgan fingerprint density at radius 2 is 2.00 bits per heavy atom. The molecule has 0 aliphatic heterocycles. The number of anilines is 1. The highest BCUT2D eigenvalue weighted by molar-refractivity contribution is 5.91. The Labute approximate surface area is 152 Å². The summed E-state index contributed by atoms with van der Waals surface area (Å²) >= 11 is 0. The van der Waals surface area contributed by atoms with Gasteiger partial charge in [-0.1, -0.05) is 30.3 Å². The molecular weight excluding hydrogens is 326 g/mol. The Balaban J connectivity index is 1.43. The van der Waals surface area contributed by atoms with Crippen molar-refractivity contribution in [2.75, 3.05) is 11.9 Å². The van der Waals surface area contributed by atoms with Gasteiger partial charge in [0, 0.05) is 29.1 Å². The molecule has 134 valence electrons. The summed E-state index contributed by atoms with van der Waals surface area (Å²) in [7, 11) is 0. The van der Waals surface area contributed by atoms with Crippen LogP contribution in [0.25, 0.3) is 10.9 Å². The molecule has 1 aliphatic carbocycles. The third-order valence-corrected chi connectivity index (χ3v) is 4.87. The summed E-state index contributed by atoms with van der Waals surface area (Å²) in [6, 6.07) is 15.8. The van der Waals surface area contributed by atoms with Crippen molar-refractivity contribution in [1.29, 1.82) is 0 Å². The van der Waals surface area contributed by atoms with Crippen LogP contribution in [0.15, 0.2) is 48.5 Å². The second-order valence-corrected chi connectivity index (χ2v) is 6.60. The predicted molar refractivity (Wildman–Crippen MR) is 104 cm³/mol. The lowest BCUT2D eigenvalue weighted by Gasteiger charge is -2.24. The molecule has 5 heteroatoms. The van der Waals surface area contributed by atoms with Gasteiger partial charge in [-0.2, -0.15) is 0 Å². The molecule has 0 fully saturated rings. The van der Waals surface area contributed by atoms with Gasteiger partial charge in [-0.15, -0.1) is 0 Å². The summed E-state index contributed by atoms with van der Waals surface area (Å²) in [5.74, 6) is 0.687. The van der Waals surface area contributed by atoms with Crippen molar-refractivity contribution in [2.24, 2.45) is 0 Å². The average molecular weight is 349 g/mol. The fourth-order valence-corrected chi connectivity index (χ4v) is 3.70. The topological polar surface area (TPSA) is 66.2 Å². The summed E-state index contributed by atoms with van der Waals surface area (Å²) in [4.78, 5) is 15.9. The number of carbonyl (C=O) groups excluding carboxylic acids is 1. The van der Waals surface area contributed by atoms with E-state index in [2.05, 4.69) is 33.8 Å². The lowest BCUT2D eigenvalue weighted by molar-refractivity contribution is 0.247. The summed E-state index contributed by atoms with van der Waals surface area (Å²) in [6.45, 7) is 2.49. The Morgan fingerprint density at radius 1 is 1.19 bits per heavy atom. The number of hydrogen-bond acceptors (Lipinski definition) is 2. The lowest BCUT2D eigenvalue weighted by atomic mass is 9.92. The first kappa shape index (κ1) is 16.5. The van der Waals surface area contributed by atoms with Crippen LogP contribution in [0.4, 0.5) is 10.5 Å². The smallest absolute Gasteiger partial charge is 0.319 e. The van der Waals surface area contributed by atoms with E-state index in [-0.39, 0.29) is 12.1 Å². The number of benzene rings is 2. The molecular formula is C21H23N3O2. The number of carbonyl (C=O) groups is 1. The van der Waals surface area contributed by atoms with Gasteiger partial charge in [-0.3, -0.25) is 0 Å². The van der Waals surface area contributed by atoms with Crippen molar-refractivity contribution in [3.05, 3.63) is 59.8 Å². The molecule has 4 rings (SSSR count). The van der Waals surface area contributed by atoms with Crippen LogP contribution in [0.5, 0.6) is 5.75 Å². The van der Waals surface area contributed by atoms with Gasteiger partial charge in [-0.25, -0.2) is 4.79 Å². The van der Waals surface area contributed by atoms with Crippen LogP contribution in [-0.4, -0.2) is 23.7 Å². The Bertz CT molecular complexity index is 932. The van der Waals surface area contributed by atoms with E-state index in [0.717, 1.165) is 19.3 Å². The highest BCUT2D eigenvalue weighted by atomic mass is 16.5. The molecule has 1 heterocycles. The molecule has 0 radical (unpaired) electrons. The van der Waals surface area contributed by atoms with Crippen molar-refractivity contribution < 1.29 is 9.53 Å². The number of aromatic amines is 1. The van der Waals surface area contributed by atoms with E-state index in [0.29, 0.717) is 18.0 Å². The fourth-order valence-electron chi connectivity index (χ4n) is 3.70. The van der Waals surface area contributed by atoms with E-state index in [4.69, 9.17) is 4.74 Å². The van der Waals surface area contributed by atoms with Gasteiger partial charge in [0.25, 0.3) is 0 Å². The maximum atomic E-state index is 12.4. The Kier molecular flexibility index (Phi) is 4.52. The number of aromatic nitrogens is 1. The molecule has 1 aromatic heterocycles. The normalized spacial score (nSPS) is 16.1. The van der Waals surface area contributed by atoms with Crippen molar-refractivity contribution in [3.63, 3.8) is 0 Å². The van der Waals surface area contributed by atoms with Crippen molar-refractivity contribution >= 4 is 22.6 Å². The van der Waals surface area contributed by atoms with Crippen LogP contribution in [-0.2, 0) is 12.8 Å². The third-order valence-electron chi connectivity index (χ3n) is 4.87. The predicted octanol–water partition coefficient (Wildman–Crippen LogP) is 4.25. The number of amides is 2. The summed E-state index contributed by atoms with van der Waals surface area (Å²) in [6.07, 6.45) is 2.74. The minimum atomic E-state index is -0.193. The molecule has 3 N–H and O–H groups in total. The number of H-pyrrole nitrogens is 1. The first-order valence-electron chi connectivity index (χ1n) is 9.12. The van der Waals surface area contributed by atoms with Crippen molar-refractivity contribution in [2.45, 2.75) is 32.2 Å². The van der Waals surface area contributed by atoms with Crippen molar-refractivity contribution in [3.8, 4) is 5.75 Å². The largest absolute Gasteiger partial charge is 0.492 e. The van der Waals surface area contributed by atoms with Gasteiger partial charge in [0.1, 0.15) is 5.75 Å². The van der Waals surface area contributed by atoms with Crippen LogP contribution >= 0.6 is 0 Å². The number of aryl methyl sites for hydroxylation is 1. The van der Waals surface area contributed by atoms with Gasteiger partial charge >= 0.3 is 6.03 Å². The second-order valence-electron chi connectivity index (χ2n) is 6.60. The van der Waals surface area contributed by atoms with E-state index in [1.807, 2.05) is 37.3 Å². The van der Waals surface area contributed by atoms with Gasteiger partial charge in [-0.05, 0) is 43.5 Å². The number of fused-ring (bicyclic) bond motifs is 3. The number of para-hydroxylation sites is 3. The monoisotopic (exact) mass is 349 g/mol. The highest BCUT2D eigenvalue weighted by Crippen LogP contribution is 2.29. The first-order chi connectivity index (χ1) is 12.7. The second kappa shape index (κ2) is 7.12. The number of urea groups is 1. The van der Waals surface area contributed by atoms with E-state index >= 15 is 0 Å². The first-order valence-corrected chi connectivity index (χ1v) is 9.12. The quantitative estimate of drug-likeness (QED) is 0.659. The Hall–Kier alpha value is -2.95. The van der Waals surface area contributed by atoms with Gasteiger partial charge in [0.2, 0.25) is 0 Å². The minimum absolute atomic E-state index is 0.120. The van der Waals surface area contributed by atoms with Crippen LogP contribution in [0.3, 0.4) is 0 Å². The molecule has 2 amide bonds. The standard InChI is InChI=1S/C21H23N3O2/c1-2-26-20-10-6-5-9-18(20)24-21(25)22-14-11-12-16-15-7-3-4-8-17(15)23-19(16)13-14/h3-10,14,23H,2,11-13H2,1H3,(H2,22,24,25). The van der Waals surface area contributed by atoms with Crippen LogP contribution < -0.4 is 15.4 Å². The van der Waals surface area contributed by atoms with E-state index in [9.17, 15) is 4.79 Å². The van der Waals surface area contributed by atoms with Gasteiger partial charge < -0.3 is 20.4 Å². The zero-order chi connectivity index (χ0) is 17.9. The third kappa shape index (κ3) is 3.25. The molecule has 0 bridgehead atoms. The summed E-state index contributed by atoms with van der Waals surface area (Å²) in [5.41, 5.74) is 4.49. The molecule has 3 aromatic rings. The SMILES string of the molecule is CCOc1ccccc1NC(=O)NC1CCc2c([nH]c3ccccc23)C1. The van der Waals surface area contributed by atoms with Crippen molar-refractivity contribution in [1.82, 2.24) is 10.3 Å². The van der Waals surface area contributed by atoms with E-state index < -0.39 is 0 Å². The zero-order valence-electron chi connectivity index (χ0n) is 14.8. The zero-order valence-corrected chi connectivity index (χ0v) is 14.8. The molecule has 26 heavy (non-hydrogen) atoms. The van der Waals surface area contributed by atoms with E-state index in [1.165, 1.54) is 22.2 Å². The van der Waals surface area contributed by atoms with Crippen LogP contribution in [0, 0.1) is 0 Å². The molecule has 0 saturated heterocycles. The summed E-state index contributed by atoms with van der Waals surface area (Å²) < 4.78 is 5.56. The minimum Gasteiger partial charge on any atom is -0.492 e. The Morgan fingerprint density at radius 3 is 2.88 bits per heavy atom. The molecule has 1 aliphatic rings. The summed E-state index contributed by atoms with van der Waals surface area (Å²) in [5, 5.41) is 7.31. The van der Waals surface area contributed by atoms with Crippen LogP contribution in [0.1, 0.15) is 24.6 Å². The fraction of sp³-hybridized carbons (Fsp3) is 0.286. The lowest BCUT2D eigenvalue weighted by Crippen LogP contribution is -2.41. The molecule has 1 atom stereocenters. The number of ether oxygens (including phenoxy) is 1. The number of rotatable bonds is 4. The molecule has 5 nitrogen and oxygen atoms in total. The molecule has 0 spiro atoms. The molecule has 1 unspecified atom stereocenters. The maximum absolute atomic E-state index is 12.4. The highest BCUT2D eigenvalue weighted by Gasteiger charge is 2.23. The van der Waals surface area contributed by atoms with Gasteiger partial charge in [0.15, 0.2) is 0 Å². The van der Waals surface area contributed by atoms with Gasteiger partial charge in [0.05, 0.1) is 12.3 Å². The molecule has 2 aromatic carbocycles. The average Bonchev–Trinajstić information content (AvgIpc) is 3.01. The molecule has 0 saturated carbocycles. The number of nitrogens with one attached hydrogen (secondary N) is 3. The van der Waals surface area contributed by atoms with Crippen LogP contribution in [0.2, 0.25) is 0 Å². The maximum Gasteiger partial charge on any atom is 0.319 e.